The molecule has 2 N–H and O–H groups in total. The third kappa shape index (κ3) is 3.10. The molecule has 0 aromatic heterocycles. The number of carboxylic acid groups (broad SMARTS) is 1. The van der Waals surface area contributed by atoms with Gasteiger partial charge in [-0.25, -0.2) is 4.79 Å². The Morgan fingerprint density at radius 3 is 2.50 bits per heavy atom. The van der Waals surface area contributed by atoms with Gasteiger partial charge in [0, 0.05) is 28.9 Å². The Labute approximate surface area is 146 Å². The summed E-state index contributed by atoms with van der Waals surface area (Å²) in [6, 6.07) is -0.421. The number of thioether (sulfide) groups is 1. The Bertz CT molecular complexity index is 658. The number of rotatable bonds is 4. The van der Waals surface area contributed by atoms with Crippen molar-refractivity contribution in [3.05, 3.63) is 34.5 Å². The average Bonchev–Trinajstić information content (AvgIpc) is 2.80. The molecule has 2 rings (SSSR count). The molecule has 2 aliphatic heterocycles. The summed E-state index contributed by atoms with van der Waals surface area (Å²) >= 11 is 1.18. The number of carbonyl (C=O) groups excluding carboxylic acids is 1. The number of esters is 1. The number of carboxylic acids is 1. The van der Waals surface area contributed by atoms with E-state index < -0.39 is 28.3 Å². The first kappa shape index (κ1) is 18.6. The van der Waals surface area contributed by atoms with Crippen molar-refractivity contribution in [2.24, 2.45) is 0 Å². The molecular formula is C17H24N2O4S. The van der Waals surface area contributed by atoms with E-state index in [2.05, 4.69) is 5.32 Å². The summed E-state index contributed by atoms with van der Waals surface area (Å²) < 4.78 is 4.11. The largest absolute Gasteiger partial charge is 0.480 e. The fourth-order valence-electron chi connectivity index (χ4n) is 2.71. The van der Waals surface area contributed by atoms with E-state index in [1.54, 1.807) is 65.2 Å². The number of hydrogen-bond donors (Lipinski definition) is 2. The number of carbonyl (C=O) groups is 2. The van der Waals surface area contributed by atoms with Crippen molar-refractivity contribution in [2.75, 3.05) is 14.1 Å². The van der Waals surface area contributed by atoms with E-state index in [1.165, 1.54) is 11.8 Å². The van der Waals surface area contributed by atoms with Crippen molar-refractivity contribution in [1.29, 1.82) is 0 Å². The molecule has 0 spiro atoms. The molecule has 2 atom stereocenters. The number of allylic oxidation sites excluding steroid dienone is 2. The van der Waals surface area contributed by atoms with Crippen molar-refractivity contribution < 1.29 is 19.4 Å². The molecule has 0 bridgehead atoms. The molecule has 2 heterocycles. The Morgan fingerprint density at radius 2 is 2.00 bits per heavy atom. The zero-order valence-electron chi connectivity index (χ0n) is 14.8. The maximum atomic E-state index is 12.9. The molecule has 0 radical (unpaired) electrons. The molecule has 0 aromatic rings. The zero-order chi connectivity index (χ0) is 18.3. The highest BCUT2D eigenvalue weighted by Gasteiger charge is 2.58. The van der Waals surface area contributed by atoms with Crippen molar-refractivity contribution in [1.82, 2.24) is 10.2 Å². The normalized spacial score (nSPS) is 24.4. The average molecular weight is 352 g/mol. The molecule has 0 amide bonds. The Kier molecular flexibility index (Phi) is 4.88. The van der Waals surface area contributed by atoms with Crippen molar-refractivity contribution in [3.63, 3.8) is 0 Å². The summed E-state index contributed by atoms with van der Waals surface area (Å²) in [6.07, 6.45) is 5.13. The highest BCUT2D eigenvalue weighted by atomic mass is 32.2. The number of ether oxygens (including phenoxy) is 1. The van der Waals surface area contributed by atoms with Crippen LogP contribution in [-0.2, 0) is 14.3 Å². The van der Waals surface area contributed by atoms with E-state index in [0.717, 1.165) is 4.91 Å². The number of nitrogens with zero attached hydrogens (tertiary/aromatic N) is 1. The van der Waals surface area contributed by atoms with E-state index in [4.69, 9.17) is 4.74 Å². The van der Waals surface area contributed by atoms with Gasteiger partial charge in [-0.3, -0.25) is 4.79 Å². The van der Waals surface area contributed by atoms with E-state index in [0.29, 0.717) is 5.57 Å². The van der Waals surface area contributed by atoms with Gasteiger partial charge in [0.25, 0.3) is 0 Å². The molecule has 2 unspecified atom stereocenters. The number of dihydropyridines is 1. The summed E-state index contributed by atoms with van der Waals surface area (Å²) in [5.74, 6) is -1.64. The van der Waals surface area contributed by atoms with E-state index in [1.807, 2.05) is 0 Å². The predicted octanol–water partition coefficient (Wildman–Crippen LogP) is 2.10. The Morgan fingerprint density at radius 1 is 1.38 bits per heavy atom. The van der Waals surface area contributed by atoms with Gasteiger partial charge < -0.3 is 20.1 Å². The molecule has 0 aromatic carbocycles. The third-order valence-electron chi connectivity index (χ3n) is 4.02. The first-order chi connectivity index (χ1) is 11.0. The first-order valence-corrected chi connectivity index (χ1v) is 8.52. The standard InChI is InChI=1S/C17H24N2O4S/c1-10(19(5)6)17(15(21)22)13(14(20)23-16(2,3)4)11-7-8-18-9-12(11)24-17/h7-10,18H,1-6H3,(H,21,22). The van der Waals surface area contributed by atoms with Crippen LogP contribution in [0, 0.1) is 0 Å². The third-order valence-corrected chi connectivity index (χ3v) is 5.62. The fourth-order valence-corrected chi connectivity index (χ4v) is 4.23. The summed E-state index contributed by atoms with van der Waals surface area (Å²) in [5, 5.41) is 13.0. The molecule has 2 aliphatic rings. The van der Waals surface area contributed by atoms with Crippen LogP contribution in [0.25, 0.3) is 0 Å². The molecule has 0 fully saturated rings. The molecule has 132 valence electrons. The van der Waals surface area contributed by atoms with Gasteiger partial charge in [0.2, 0.25) is 0 Å². The van der Waals surface area contributed by atoms with Crippen LogP contribution in [0.4, 0.5) is 0 Å². The van der Waals surface area contributed by atoms with Crippen LogP contribution < -0.4 is 5.32 Å². The monoisotopic (exact) mass is 352 g/mol. The maximum absolute atomic E-state index is 12.9. The van der Waals surface area contributed by atoms with Gasteiger partial charge in [0.1, 0.15) is 5.60 Å². The van der Waals surface area contributed by atoms with Crippen molar-refractivity contribution in [3.8, 4) is 0 Å². The highest BCUT2D eigenvalue weighted by molar-refractivity contribution is 8.06. The van der Waals surface area contributed by atoms with E-state index >= 15 is 0 Å². The van der Waals surface area contributed by atoms with Crippen LogP contribution in [0.3, 0.4) is 0 Å². The lowest BCUT2D eigenvalue weighted by Crippen LogP contribution is -2.53. The number of fused-ring (bicyclic) bond motifs is 1. The minimum absolute atomic E-state index is 0.195. The van der Waals surface area contributed by atoms with E-state index in [9.17, 15) is 14.7 Å². The summed E-state index contributed by atoms with van der Waals surface area (Å²) in [6.45, 7) is 7.11. The van der Waals surface area contributed by atoms with Crippen LogP contribution in [-0.4, -0.2) is 52.4 Å². The second-order valence-electron chi connectivity index (χ2n) is 7.08. The lowest BCUT2D eigenvalue weighted by molar-refractivity contribution is -0.153. The number of nitrogens with one attached hydrogen (secondary N) is 1. The van der Waals surface area contributed by atoms with Gasteiger partial charge in [0.05, 0.1) is 5.57 Å². The van der Waals surface area contributed by atoms with Crippen LogP contribution in [0.15, 0.2) is 34.5 Å². The Hall–Kier alpha value is -1.73. The predicted molar refractivity (Wildman–Crippen MR) is 94.3 cm³/mol. The van der Waals surface area contributed by atoms with Gasteiger partial charge >= 0.3 is 11.9 Å². The lowest BCUT2D eigenvalue weighted by atomic mass is 9.86. The minimum Gasteiger partial charge on any atom is -0.480 e. The van der Waals surface area contributed by atoms with Gasteiger partial charge in [0.15, 0.2) is 4.75 Å². The second kappa shape index (κ2) is 6.29. The SMILES string of the molecule is CC(N(C)C)C1(C(=O)O)SC2=CNC=CC2=C1C(=O)OC(C)(C)C. The molecular weight excluding hydrogens is 328 g/mol. The molecule has 0 saturated carbocycles. The van der Waals surface area contributed by atoms with Crippen LogP contribution >= 0.6 is 11.8 Å². The quantitative estimate of drug-likeness (QED) is 0.750. The van der Waals surface area contributed by atoms with Crippen molar-refractivity contribution >= 4 is 23.7 Å². The van der Waals surface area contributed by atoms with E-state index in [-0.39, 0.29) is 5.57 Å². The second-order valence-corrected chi connectivity index (χ2v) is 8.37. The lowest BCUT2D eigenvalue weighted by Gasteiger charge is -2.36. The first-order valence-electron chi connectivity index (χ1n) is 7.71. The van der Waals surface area contributed by atoms with Gasteiger partial charge in [-0.05, 0) is 47.9 Å². The fraction of sp³-hybridized carbons (Fsp3) is 0.529. The number of aliphatic carboxylic acids is 1. The summed E-state index contributed by atoms with van der Waals surface area (Å²) in [5.41, 5.74) is 0.105. The Balaban J connectivity index is 2.66. The van der Waals surface area contributed by atoms with Gasteiger partial charge in [-0.2, -0.15) is 0 Å². The maximum Gasteiger partial charge on any atom is 0.337 e. The molecule has 6 nitrogen and oxygen atoms in total. The molecule has 24 heavy (non-hydrogen) atoms. The molecule has 7 heteroatoms. The highest BCUT2D eigenvalue weighted by Crippen LogP contribution is 2.54. The van der Waals surface area contributed by atoms with Gasteiger partial charge in [-0.1, -0.05) is 11.8 Å². The zero-order valence-corrected chi connectivity index (χ0v) is 15.7. The number of hydrogen-bond acceptors (Lipinski definition) is 6. The van der Waals surface area contributed by atoms with Crippen LogP contribution in [0.2, 0.25) is 0 Å². The topological polar surface area (TPSA) is 78.9 Å². The van der Waals surface area contributed by atoms with Crippen molar-refractivity contribution in [2.45, 2.75) is 44.1 Å². The summed E-state index contributed by atoms with van der Waals surface area (Å²) in [7, 11) is 3.61. The minimum atomic E-state index is -1.43. The van der Waals surface area contributed by atoms with Crippen LogP contribution in [0.5, 0.6) is 0 Å². The molecule has 0 saturated heterocycles. The summed E-state index contributed by atoms with van der Waals surface area (Å²) in [4.78, 5) is 27.8. The van der Waals surface area contributed by atoms with Crippen LogP contribution in [0.1, 0.15) is 27.7 Å². The molecule has 0 aliphatic carbocycles. The van der Waals surface area contributed by atoms with Gasteiger partial charge in [-0.15, -0.1) is 0 Å². The smallest absolute Gasteiger partial charge is 0.337 e.